The van der Waals surface area contributed by atoms with Gasteiger partial charge in [0.05, 0.1) is 17.8 Å². The number of carbonyl (C=O) groups is 1. The second kappa shape index (κ2) is 5.70. The van der Waals surface area contributed by atoms with Gasteiger partial charge in [-0.25, -0.2) is 4.98 Å². The summed E-state index contributed by atoms with van der Waals surface area (Å²) in [5.41, 5.74) is 6.55. The Morgan fingerprint density at radius 3 is 2.94 bits per heavy atom. The van der Waals surface area contributed by atoms with Crippen molar-refractivity contribution in [2.24, 2.45) is 0 Å². The van der Waals surface area contributed by atoms with Crippen molar-refractivity contribution in [1.29, 1.82) is 5.26 Å². The number of hydrogen-bond donors (Lipinski definition) is 2. The molecule has 1 aromatic heterocycles. The van der Waals surface area contributed by atoms with Crippen LogP contribution in [0.5, 0.6) is 0 Å². The number of nitriles is 1. The van der Waals surface area contributed by atoms with Gasteiger partial charge in [-0.15, -0.1) is 0 Å². The van der Waals surface area contributed by atoms with Gasteiger partial charge < -0.3 is 16.0 Å². The molecule has 17 heavy (non-hydrogen) atoms. The summed E-state index contributed by atoms with van der Waals surface area (Å²) in [5.74, 6) is 0.399. The minimum atomic E-state index is -0.0967. The average Bonchev–Trinajstić information content (AvgIpc) is 2.28. The van der Waals surface area contributed by atoms with Crippen molar-refractivity contribution in [3.05, 3.63) is 17.8 Å². The van der Waals surface area contributed by atoms with E-state index in [1.807, 2.05) is 13.0 Å². The molecule has 0 aromatic carbocycles. The maximum absolute atomic E-state index is 11.4. The SMILES string of the molecule is CCNC(=O)CN(C)c1ncc(C#N)cc1N. The van der Waals surface area contributed by atoms with E-state index < -0.39 is 0 Å². The summed E-state index contributed by atoms with van der Waals surface area (Å²) in [6.07, 6.45) is 1.43. The molecule has 0 unspecified atom stereocenters. The lowest BCUT2D eigenvalue weighted by molar-refractivity contribution is -0.119. The van der Waals surface area contributed by atoms with Gasteiger partial charge in [-0.05, 0) is 13.0 Å². The number of likely N-dealkylation sites (N-methyl/N-ethyl adjacent to an activating group) is 2. The number of anilines is 2. The lowest BCUT2D eigenvalue weighted by Crippen LogP contribution is -2.35. The molecule has 0 bridgehead atoms. The van der Waals surface area contributed by atoms with Crippen LogP contribution in [-0.2, 0) is 4.79 Å². The number of amides is 1. The number of hydrogen-bond acceptors (Lipinski definition) is 5. The molecule has 1 aromatic rings. The molecule has 0 aliphatic rings. The number of carbonyl (C=O) groups excluding carboxylic acids is 1. The van der Waals surface area contributed by atoms with Gasteiger partial charge in [-0.1, -0.05) is 0 Å². The normalized spacial score (nSPS) is 9.47. The molecule has 3 N–H and O–H groups in total. The second-order valence-electron chi connectivity index (χ2n) is 3.56. The monoisotopic (exact) mass is 233 g/mol. The Hall–Kier alpha value is -2.29. The Labute approximate surface area is 100 Å². The first-order valence-electron chi connectivity index (χ1n) is 5.22. The zero-order valence-electron chi connectivity index (χ0n) is 9.90. The third kappa shape index (κ3) is 3.34. The molecule has 1 amide bonds. The molecule has 1 rings (SSSR count). The highest BCUT2D eigenvalue weighted by Gasteiger charge is 2.11. The fourth-order valence-corrected chi connectivity index (χ4v) is 1.40. The van der Waals surface area contributed by atoms with Gasteiger partial charge in [-0.3, -0.25) is 4.79 Å². The Kier molecular flexibility index (Phi) is 4.29. The summed E-state index contributed by atoms with van der Waals surface area (Å²) in [6.45, 7) is 2.62. The summed E-state index contributed by atoms with van der Waals surface area (Å²) in [6, 6.07) is 3.49. The zero-order valence-corrected chi connectivity index (χ0v) is 9.90. The third-order valence-corrected chi connectivity index (χ3v) is 2.14. The van der Waals surface area contributed by atoms with Gasteiger partial charge in [0.15, 0.2) is 5.82 Å². The van der Waals surface area contributed by atoms with E-state index in [0.29, 0.717) is 23.6 Å². The molecule has 0 saturated carbocycles. The lowest BCUT2D eigenvalue weighted by atomic mass is 10.2. The van der Waals surface area contributed by atoms with Gasteiger partial charge in [0.2, 0.25) is 5.91 Å². The van der Waals surface area contributed by atoms with Crippen LogP contribution >= 0.6 is 0 Å². The van der Waals surface area contributed by atoms with Gasteiger partial charge in [0.1, 0.15) is 6.07 Å². The Balaban J connectivity index is 2.79. The lowest BCUT2D eigenvalue weighted by Gasteiger charge is -2.18. The molecule has 90 valence electrons. The van der Waals surface area contributed by atoms with Gasteiger partial charge in [-0.2, -0.15) is 5.26 Å². The number of nitrogens with one attached hydrogen (secondary N) is 1. The fourth-order valence-electron chi connectivity index (χ4n) is 1.40. The predicted molar refractivity (Wildman–Crippen MR) is 65.3 cm³/mol. The molecule has 0 radical (unpaired) electrons. The predicted octanol–water partition coefficient (Wildman–Crippen LogP) is 0.108. The molecular weight excluding hydrogens is 218 g/mol. The standard InChI is InChI=1S/C11H15N5O/c1-3-14-10(17)7-16(2)11-9(13)4-8(5-12)6-15-11/h4,6H,3,7,13H2,1-2H3,(H,14,17). The molecule has 0 saturated heterocycles. The van der Waals surface area contributed by atoms with Crippen LogP contribution in [0.1, 0.15) is 12.5 Å². The highest BCUT2D eigenvalue weighted by atomic mass is 16.2. The fraction of sp³-hybridized carbons (Fsp3) is 0.364. The van der Waals surface area contributed by atoms with Crippen LogP contribution in [0.2, 0.25) is 0 Å². The van der Waals surface area contributed by atoms with E-state index in [2.05, 4.69) is 10.3 Å². The summed E-state index contributed by atoms with van der Waals surface area (Å²) < 4.78 is 0. The number of nitrogens with two attached hydrogens (primary N) is 1. The zero-order chi connectivity index (χ0) is 12.8. The van der Waals surface area contributed by atoms with Crippen molar-refractivity contribution in [2.45, 2.75) is 6.92 Å². The van der Waals surface area contributed by atoms with E-state index in [1.54, 1.807) is 11.9 Å². The molecular formula is C11H15N5O. The van der Waals surface area contributed by atoms with E-state index in [-0.39, 0.29) is 12.5 Å². The smallest absolute Gasteiger partial charge is 0.239 e. The largest absolute Gasteiger partial charge is 0.396 e. The summed E-state index contributed by atoms with van der Waals surface area (Å²) in [4.78, 5) is 17.1. The van der Waals surface area contributed by atoms with E-state index in [9.17, 15) is 4.79 Å². The molecule has 6 nitrogen and oxygen atoms in total. The molecule has 0 spiro atoms. The van der Waals surface area contributed by atoms with Crippen LogP contribution in [0, 0.1) is 11.3 Å². The van der Waals surface area contributed by atoms with Gasteiger partial charge in [0.25, 0.3) is 0 Å². The summed E-state index contributed by atoms with van der Waals surface area (Å²) in [7, 11) is 1.72. The molecule has 6 heteroatoms. The maximum atomic E-state index is 11.4. The molecule has 1 heterocycles. The maximum Gasteiger partial charge on any atom is 0.239 e. The minimum absolute atomic E-state index is 0.0967. The van der Waals surface area contributed by atoms with E-state index in [1.165, 1.54) is 12.3 Å². The number of nitrogens with zero attached hydrogens (tertiary/aromatic N) is 3. The topological polar surface area (TPSA) is 95.0 Å². The summed E-state index contributed by atoms with van der Waals surface area (Å²) in [5, 5.41) is 11.4. The number of aromatic nitrogens is 1. The van der Waals surface area contributed by atoms with Crippen LogP contribution in [0.3, 0.4) is 0 Å². The van der Waals surface area contributed by atoms with Gasteiger partial charge >= 0.3 is 0 Å². The quantitative estimate of drug-likeness (QED) is 0.769. The van der Waals surface area contributed by atoms with Crippen LogP contribution in [0.15, 0.2) is 12.3 Å². The minimum Gasteiger partial charge on any atom is -0.396 e. The first kappa shape index (κ1) is 12.8. The molecule has 0 aliphatic carbocycles. The first-order chi connectivity index (χ1) is 8.08. The van der Waals surface area contributed by atoms with Crippen LogP contribution < -0.4 is 16.0 Å². The molecule has 0 aliphatic heterocycles. The molecule has 0 fully saturated rings. The number of rotatable bonds is 4. The van der Waals surface area contributed by atoms with Crippen molar-refractivity contribution < 1.29 is 4.79 Å². The first-order valence-corrected chi connectivity index (χ1v) is 5.22. The van der Waals surface area contributed by atoms with Gasteiger partial charge in [0, 0.05) is 19.8 Å². The number of nitrogen functional groups attached to an aromatic ring is 1. The highest BCUT2D eigenvalue weighted by molar-refractivity contribution is 5.82. The van der Waals surface area contributed by atoms with Crippen LogP contribution in [0.25, 0.3) is 0 Å². The van der Waals surface area contributed by atoms with Crippen molar-refractivity contribution in [2.75, 3.05) is 30.8 Å². The highest BCUT2D eigenvalue weighted by Crippen LogP contribution is 2.19. The van der Waals surface area contributed by atoms with Crippen LogP contribution in [0.4, 0.5) is 11.5 Å². The van der Waals surface area contributed by atoms with E-state index >= 15 is 0 Å². The molecule has 0 atom stereocenters. The average molecular weight is 233 g/mol. The Morgan fingerprint density at radius 1 is 1.71 bits per heavy atom. The second-order valence-corrected chi connectivity index (χ2v) is 3.56. The van der Waals surface area contributed by atoms with Crippen molar-refractivity contribution in [1.82, 2.24) is 10.3 Å². The Morgan fingerprint density at radius 2 is 2.41 bits per heavy atom. The van der Waals surface area contributed by atoms with Crippen molar-refractivity contribution >= 4 is 17.4 Å². The third-order valence-electron chi connectivity index (χ3n) is 2.14. The van der Waals surface area contributed by atoms with Crippen molar-refractivity contribution in [3.8, 4) is 6.07 Å². The van der Waals surface area contributed by atoms with E-state index in [4.69, 9.17) is 11.0 Å². The van der Waals surface area contributed by atoms with E-state index in [0.717, 1.165) is 0 Å². The number of pyridine rings is 1. The Bertz CT molecular complexity index is 452. The summed E-state index contributed by atoms with van der Waals surface area (Å²) >= 11 is 0. The van der Waals surface area contributed by atoms with Crippen molar-refractivity contribution in [3.63, 3.8) is 0 Å². The van der Waals surface area contributed by atoms with Crippen LogP contribution in [-0.4, -0.2) is 31.0 Å².